The quantitative estimate of drug-likeness (QED) is 0.283. The zero-order valence-electron chi connectivity index (χ0n) is 19.9. The largest absolute Gasteiger partial charge is 0.493 e. The van der Waals surface area contributed by atoms with Crippen LogP contribution < -0.4 is 10.1 Å². The topological polar surface area (TPSA) is 101 Å². The molecule has 0 radical (unpaired) electrons. The summed E-state index contributed by atoms with van der Waals surface area (Å²) in [5.74, 6) is -0.659. The van der Waals surface area contributed by atoms with Crippen molar-refractivity contribution in [2.24, 2.45) is 0 Å². The number of hydrogen-bond acceptors (Lipinski definition) is 6. The lowest BCUT2D eigenvalue weighted by Crippen LogP contribution is -2.13. The predicted octanol–water partition coefficient (Wildman–Crippen LogP) is 5.75. The normalized spacial score (nSPS) is 10.6. The maximum absolute atomic E-state index is 12.9. The zero-order valence-corrected chi connectivity index (χ0v) is 20.7. The molecular weight excluding hydrogens is 474 g/mol. The molecule has 4 aromatic rings. The molecule has 0 aliphatic carbocycles. The highest BCUT2D eigenvalue weighted by Gasteiger charge is 2.16. The number of ether oxygens (including phenoxy) is 1. The Morgan fingerprint density at radius 2 is 1.75 bits per heavy atom. The smallest absolute Gasteiger partial charge is 0.337 e. The van der Waals surface area contributed by atoms with E-state index in [0.717, 1.165) is 12.2 Å². The van der Waals surface area contributed by atoms with Crippen LogP contribution in [0.2, 0.25) is 0 Å². The molecule has 2 aromatic heterocycles. The summed E-state index contributed by atoms with van der Waals surface area (Å²) in [7, 11) is 0. The van der Waals surface area contributed by atoms with Crippen molar-refractivity contribution in [2.75, 3.05) is 18.2 Å². The fourth-order valence-electron chi connectivity index (χ4n) is 3.61. The predicted molar refractivity (Wildman–Crippen MR) is 141 cm³/mol. The lowest BCUT2D eigenvalue weighted by atomic mass is 10.0. The van der Waals surface area contributed by atoms with E-state index < -0.39 is 5.97 Å². The highest BCUT2D eigenvalue weighted by atomic mass is 32.2. The molecule has 1 amide bonds. The summed E-state index contributed by atoms with van der Waals surface area (Å²) in [6, 6.07) is 20.6. The first-order chi connectivity index (χ1) is 17.4. The third-order valence-electron chi connectivity index (χ3n) is 5.55. The molecule has 0 saturated carbocycles. The van der Waals surface area contributed by atoms with Gasteiger partial charge in [-0.15, -0.1) is 11.8 Å². The van der Waals surface area contributed by atoms with Crippen LogP contribution in [0.5, 0.6) is 5.75 Å². The van der Waals surface area contributed by atoms with Crippen LogP contribution in [0.4, 0.5) is 5.69 Å². The maximum Gasteiger partial charge on any atom is 0.337 e. The van der Waals surface area contributed by atoms with Gasteiger partial charge in [-0.05, 0) is 55.1 Å². The Bertz CT molecular complexity index is 1380. The van der Waals surface area contributed by atoms with Gasteiger partial charge in [0.1, 0.15) is 10.8 Å². The van der Waals surface area contributed by atoms with Gasteiger partial charge in [-0.25, -0.2) is 9.78 Å². The first kappa shape index (κ1) is 24.9. The van der Waals surface area contributed by atoms with Crippen LogP contribution in [-0.4, -0.2) is 39.8 Å². The third kappa shape index (κ3) is 6.09. The number of benzene rings is 2. The average Bonchev–Trinajstić information content (AvgIpc) is 2.90. The molecule has 0 fully saturated rings. The monoisotopic (exact) mass is 499 g/mol. The Hall–Kier alpha value is -4.17. The van der Waals surface area contributed by atoms with Crippen LogP contribution in [0, 0.1) is 6.92 Å². The van der Waals surface area contributed by atoms with Crippen LogP contribution in [-0.2, 0) is 6.42 Å². The number of carboxylic acid groups (broad SMARTS) is 1. The molecule has 0 unspecified atom stereocenters. The van der Waals surface area contributed by atoms with Crippen LogP contribution in [0.1, 0.15) is 32.0 Å². The molecule has 8 heteroatoms. The minimum Gasteiger partial charge on any atom is -0.493 e. The van der Waals surface area contributed by atoms with Gasteiger partial charge in [-0.3, -0.25) is 9.78 Å². The molecule has 0 saturated heterocycles. The van der Waals surface area contributed by atoms with Gasteiger partial charge in [0.2, 0.25) is 0 Å². The first-order valence-corrected chi connectivity index (χ1v) is 12.5. The van der Waals surface area contributed by atoms with Gasteiger partial charge in [0.25, 0.3) is 5.91 Å². The second-order valence-corrected chi connectivity index (χ2v) is 8.80. The molecule has 0 atom stereocenters. The summed E-state index contributed by atoms with van der Waals surface area (Å²) in [5, 5.41) is 13.0. The molecule has 4 rings (SSSR count). The number of aryl methyl sites for hydroxylation is 1. The van der Waals surface area contributed by atoms with Gasteiger partial charge >= 0.3 is 5.97 Å². The Morgan fingerprint density at radius 1 is 1.00 bits per heavy atom. The summed E-state index contributed by atoms with van der Waals surface area (Å²) in [4.78, 5) is 33.1. The van der Waals surface area contributed by atoms with E-state index in [1.807, 2.05) is 36.6 Å². The van der Waals surface area contributed by atoms with Crippen LogP contribution in [0.25, 0.3) is 11.1 Å². The minimum absolute atomic E-state index is 0.112. The van der Waals surface area contributed by atoms with Crippen molar-refractivity contribution in [2.45, 2.75) is 18.4 Å². The van der Waals surface area contributed by atoms with E-state index in [1.165, 1.54) is 23.5 Å². The van der Waals surface area contributed by atoms with Crippen LogP contribution in [0.3, 0.4) is 0 Å². The van der Waals surface area contributed by atoms with Crippen LogP contribution >= 0.6 is 11.8 Å². The molecule has 2 aromatic carbocycles. The molecule has 2 N–H and O–H groups in total. The molecule has 0 aliphatic heterocycles. The van der Waals surface area contributed by atoms with E-state index in [2.05, 4.69) is 27.4 Å². The second kappa shape index (κ2) is 11.5. The summed E-state index contributed by atoms with van der Waals surface area (Å²) in [5.41, 5.74) is 3.95. The highest BCUT2D eigenvalue weighted by molar-refractivity contribution is 7.98. The van der Waals surface area contributed by atoms with E-state index in [-0.39, 0.29) is 11.5 Å². The van der Waals surface area contributed by atoms with Crippen LogP contribution in [0.15, 0.2) is 84.1 Å². The molecule has 0 bridgehead atoms. The Labute approximate surface area is 213 Å². The van der Waals surface area contributed by atoms with E-state index in [0.29, 0.717) is 39.7 Å². The Kier molecular flexibility index (Phi) is 7.97. The number of anilines is 1. The van der Waals surface area contributed by atoms with Crippen molar-refractivity contribution in [1.82, 2.24) is 9.97 Å². The van der Waals surface area contributed by atoms with Crippen molar-refractivity contribution in [3.05, 3.63) is 102 Å². The van der Waals surface area contributed by atoms with Crippen molar-refractivity contribution in [1.29, 1.82) is 0 Å². The second-order valence-electron chi connectivity index (χ2n) is 8.01. The number of thioether (sulfide) groups is 1. The van der Waals surface area contributed by atoms with Gasteiger partial charge < -0.3 is 15.2 Å². The van der Waals surface area contributed by atoms with E-state index in [9.17, 15) is 14.7 Å². The number of aromatic carboxylic acids is 1. The minimum atomic E-state index is -1.05. The SMILES string of the molecule is CSc1ncc(C(=O)Nc2ccc(OCCc3ccccc3)cc2)cc1-c1cnc(C)c(C(=O)O)c1. The molecule has 36 heavy (non-hydrogen) atoms. The Balaban J connectivity index is 1.45. The Morgan fingerprint density at radius 3 is 2.44 bits per heavy atom. The van der Waals surface area contributed by atoms with E-state index >= 15 is 0 Å². The van der Waals surface area contributed by atoms with Gasteiger partial charge in [-0.1, -0.05) is 30.3 Å². The highest BCUT2D eigenvalue weighted by Crippen LogP contribution is 2.30. The van der Waals surface area contributed by atoms with Gasteiger partial charge in [0.15, 0.2) is 0 Å². The van der Waals surface area contributed by atoms with E-state index in [4.69, 9.17) is 4.74 Å². The van der Waals surface area contributed by atoms with Gasteiger partial charge in [0.05, 0.1) is 23.4 Å². The molecule has 2 heterocycles. The number of carbonyl (C=O) groups excluding carboxylic acids is 1. The molecular formula is C28H25N3O4S. The molecule has 0 spiro atoms. The van der Waals surface area contributed by atoms with Gasteiger partial charge in [0, 0.05) is 35.6 Å². The van der Waals surface area contributed by atoms with Crippen molar-refractivity contribution < 1.29 is 19.4 Å². The third-order valence-corrected chi connectivity index (χ3v) is 6.26. The van der Waals surface area contributed by atoms with Crippen molar-refractivity contribution in [3.8, 4) is 16.9 Å². The number of hydrogen-bond donors (Lipinski definition) is 2. The zero-order chi connectivity index (χ0) is 25.5. The maximum atomic E-state index is 12.9. The first-order valence-electron chi connectivity index (χ1n) is 11.3. The number of aromatic nitrogens is 2. The molecule has 7 nitrogen and oxygen atoms in total. The van der Waals surface area contributed by atoms with E-state index in [1.54, 1.807) is 37.4 Å². The number of nitrogens with zero attached hydrogens (tertiary/aromatic N) is 2. The standard InChI is InChI=1S/C28H25N3O4S/c1-18-24(28(33)34)14-20(16-29-18)25-15-21(17-30-27(25)36-2)26(32)31-22-8-10-23(11-9-22)35-13-12-19-6-4-3-5-7-19/h3-11,14-17H,12-13H2,1-2H3,(H,31,32)(H,33,34). The average molecular weight is 500 g/mol. The number of carboxylic acids is 1. The fourth-order valence-corrected chi connectivity index (χ4v) is 4.17. The number of amides is 1. The summed E-state index contributed by atoms with van der Waals surface area (Å²) >= 11 is 1.41. The summed E-state index contributed by atoms with van der Waals surface area (Å²) < 4.78 is 5.81. The molecule has 0 aliphatic rings. The van der Waals surface area contributed by atoms with Crippen molar-refractivity contribution >= 4 is 29.3 Å². The summed E-state index contributed by atoms with van der Waals surface area (Å²) in [6.45, 7) is 2.20. The number of nitrogens with one attached hydrogen (secondary N) is 1. The number of pyridine rings is 2. The lowest BCUT2D eigenvalue weighted by Gasteiger charge is -2.12. The summed E-state index contributed by atoms with van der Waals surface area (Å²) in [6.07, 6.45) is 5.78. The number of rotatable bonds is 9. The van der Waals surface area contributed by atoms with Gasteiger partial charge in [-0.2, -0.15) is 0 Å². The fraction of sp³-hybridized carbons (Fsp3) is 0.143. The molecule has 182 valence electrons. The van der Waals surface area contributed by atoms with Crippen molar-refractivity contribution in [3.63, 3.8) is 0 Å². The number of carbonyl (C=O) groups is 2. The lowest BCUT2D eigenvalue weighted by molar-refractivity contribution is 0.0695.